The lowest BCUT2D eigenvalue weighted by Gasteiger charge is -2.09. The summed E-state index contributed by atoms with van der Waals surface area (Å²) in [5, 5.41) is 18.3. The van der Waals surface area contributed by atoms with Crippen molar-refractivity contribution < 1.29 is 4.74 Å². The molecular weight excluding hydrogens is 366 g/mol. The highest BCUT2D eigenvalue weighted by atomic mass is 16.5. The molecule has 1 aromatic carbocycles. The van der Waals surface area contributed by atoms with E-state index in [1.807, 2.05) is 50.5 Å². The summed E-state index contributed by atoms with van der Waals surface area (Å²) in [5.74, 6) is 0.884. The number of benzene rings is 1. The van der Waals surface area contributed by atoms with Gasteiger partial charge in [0.2, 0.25) is 0 Å². The topological polar surface area (TPSA) is 108 Å². The molecule has 0 radical (unpaired) electrons. The Morgan fingerprint density at radius 1 is 1.14 bits per heavy atom. The van der Waals surface area contributed by atoms with Crippen LogP contribution in [-0.2, 0) is 7.05 Å². The van der Waals surface area contributed by atoms with E-state index in [0.717, 1.165) is 22.5 Å². The summed E-state index contributed by atoms with van der Waals surface area (Å²) >= 11 is 0. The number of anilines is 1. The standard InChI is InChI=1S/C21H19N7O/c1-13-17(11-24-27(13)2)15-8-18(26-21(23)16(15)9-22)14-10-25-28(12-14)19-6-4-5-7-20(19)29-3/h4-8,10-12H,1-3H3,(H2,23,26). The van der Waals surface area contributed by atoms with Crippen molar-refractivity contribution in [2.45, 2.75) is 6.92 Å². The van der Waals surface area contributed by atoms with E-state index in [9.17, 15) is 5.26 Å². The number of methoxy groups -OCH3 is 1. The van der Waals surface area contributed by atoms with Gasteiger partial charge in [0.15, 0.2) is 0 Å². The molecule has 0 saturated carbocycles. The summed E-state index contributed by atoms with van der Waals surface area (Å²) in [6.45, 7) is 1.94. The van der Waals surface area contributed by atoms with Gasteiger partial charge in [0, 0.05) is 35.6 Å². The van der Waals surface area contributed by atoms with Crippen LogP contribution in [0.2, 0.25) is 0 Å². The van der Waals surface area contributed by atoms with E-state index in [4.69, 9.17) is 10.5 Å². The molecule has 144 valence electrons. The molecule has 2 N–H and O–H groups in total. The first-order valence-corrected chi connectivity index (χ1v) is 8.91. The Balaban J connectivity index is 1.84. The third-order valence-electron chi connectivity index (χ3n) is 4.89. The van der Waals surface area contributed by atoms with Crippen LogP contribution in [0.15, 0.2) is 48.9 Å². The zero-order valence-electron chi connectivity index (χ0n) is 16.3. The van der Waals surface area contributed by atoms with E-state index in [-0.39, 0.29) is 5.82 Å². The Morgan fingerprint density at radius 2 is 1.93 bits per heavy atom. The van der Waals surface area contributed by atoms with Crippen molar-refractivity contribution in [3.05, 3.63) is 60.2 Å². The van der Waals surface area contributed by atoms with E-state index < -0.39 is 0 Å². The Labute approximate surface area is 167 Å². The average molecular weight is 385 g/mol. The summed E-state index contributed by atoms with van der Waals surface area (Å²) in [4.78, 5) is 4.43. The lowest BCUT2D eigenvalue weighted by atomic mass is 10.00. The van der Waals surface area contributed by atoms with Gasteiger partial charge in [-0.15, -0.1) is 0 Å². The van der Waals surface area contributed by atoms with Gasteiger partial charge in [-0.25, -0.2) is 9.67 Å². The third-order valence-corrected chi connectivity index (χ3v) is 4.89. The van der Waals surface area contributed by atoms with Crippen molar-refractivity contribution in [1.29, 1.82) is 5.26 Å². The average Bonchev–Trinajstić information content (AvgIpc) is 3.35. The van der Waals surface area contributed by atoms with E-state index >= 15 is 0 Å². The number of nitrogens with two attached hydrogens (primary N) is 1. The number of nitrogens with zero attached hydrogens (tertiary/aromatic N) is 6. The molecule has 0 saturated heterocycles. The monoisotopic (exact) mass is 385 g/mol. The Morgan fingerprint density at radius 3 is 2.62 bits per heavy atom. The van der Waals surface area contributed by atoms with Gasteiger partial charge < -0.3 is 10.5 Å². The van der Waals surface area contributed by atoms with Crippen LogP contribution in [0.5, 0.6) is 5.75 Å². The summed E-state index contributed by atoms with van der Waals surface area (Å²) in [6.07, 6.45) is 5.29. The second kappa shape index (κ2) is 7.13. The number of aryl methyl sites for hydroxylation is 1. The summed E-state index contributed by atoms with van der Waals surface area (Å²) in [6, 6.07) is 11.6. The molecule has 0 spiro atoms. The molecule has 3 heterocycles. The molecule has 0 aliphatic heterocycles. The molecule has 29 heavy (non-hydrogen) atoms. The van der Waals surface area contributed by atoms with Gasteiger partial charge in [0.25, 0.3) is 0 Å². The van der Waals surface area contributed by atoms with Gasteiger partial charge in [0.1, 0.15) is 28.9 Å². The van der Waals surface area contributed by atoms with Gasteiger partial charge in [-0.2, -0.15) is 15.5 Å². The first-order valence-electron chi connectivity index (χ1n) is 8.91. The van der Waals surface area contributed by atoms with Crippen molar-refractivity contribution in [1.82, 2.24) is 24.5 Å². The van der Waals surface area contributed by atoms with Crippen molar-refractivity contribution in [3.63, 3.8) is 0 Å². The number of rotatable bonds is 4. The fourth-order valence-electron chi connectivity index (χ4n) is 3.21. The minimum atomic E-state index is 0.174. The smallest absolute Gasteiger partial charge is 0.144 e. The Hall–Kier alpha value is -4.12. The number of ether oxygens (including phenoxy) is 1. The zero-order valence-corrected chi connectivity index (χ0v) is 16.3. The van der Waals surface area contributed by atoms with E-state index in [1.54, 1.807) is 28.9 Å². The van der Waals surface area contributed by atoms with Crippen molar-refractivity contribution in [3.8, 4) is 39.9 Å². The molecular formula is C21H19N7O. The maximum atomic E-state index is 9.60. The predicted molar refractivity (Wildman–Crippen MR) is 109 cm³/mol. The number of hydrogen-bond acceptors (Lipinski definition) is 6. The quantitative estimate of drug-likeness (QED) is 0.578. The number of para-hydroxylation sites is 2. The second-order valence-corrected chi connectivity index (χ2v) is 6.54. The lowest BCUT2D eigenvalue weighted by Crippen LogP contribution is -2.00. The number of pyridine rings is 1. The summed E-state index contributed by atoms with van der Waals surface area (Å²) in [5.41, 5.74) is 11.1. The molecule has 0 aliphatic carbocycles. The number of hydrogen-bond donors (Lipinski definition) is 1. The normalized spacial score (nSPS) is 10.7. The summed E-state index contributed by atoms with van der Waals surface area (Å²) in [7, 11) is 3.47. The number of aromatic nitrogens is 5. The van der Waals surface area contributed by atoms with Gasteiger partial charge in [-0.05, 0) is 25.1 Å². The van der Waals surface area contributed by atoms with Crippen LogP contribution in [0.4, 0.5) is 5.82 Å². The van der Waals surface area contributed by atoms with Crippen molar-refractivity contribution in [2.75, 3.05) is 12.8 Å². The van der Waals surface area contributed by atoms with Crippen LogP contribution < -0.4 is 10.5 Å². The molecule has 0 atom stereocenters. The maximum absolute atomic E-state index is 9.60. The van der Waals surface area contributed by atoms with Gasteiger partial charge in [-0.3, -0.25) is 4.68 Å². The van der Waals surface area contributed by atoms with Crippen molar-refractivity contribution >= 4 is 5.82 Å². The highest BCUT2D eigenvalue weighted by Crippen LogP contribution is 2.33. The summed E-state index contributed by atoms with van der Waals surface area (Å²) < 4.78 is 8.89. The predicted octanol–water partition coefficient (Wildman–Crippen LogP) is 3.11. The highest BCUT2D eigenvalue weighted by Gasteiger charge is 2.18. The van der Waals surface area contributed by atoms with Crippen molar-refractivity contribution in [2.24, 2.45) is 7.05 Å². The molecule has 0 fully saturated rings. The highest BCUT2D eigenvalue weighted by molar-refractivity contribution is 5.80. The lowest BCUT2D eigenvalue weighted by molar-refractivity contribution is 0.411. The molecule has 4 rings (SSSR count). The van der Waals surface area contributed by atoms with E-state index in [1.165, 1.54) is 0 Å². The first kappa shape index (κ1) is 18.3. The number of nitrogen functional groups attached to an aromatic ring is 1. The second-order valence-electron chi connectivity index (χ2n) is 6.54. The first-order chi connectivity index (χ1) is 14.0. The molecule has 0 bridgehead atoms. The SMILES string of the molecule is COc1ccccc1-n1cc(-c2cc(-c3cnn(C)c3C)c(C#N)c(N)n2)cn1. The minimum absolute atomic E-state index is 0.174. The maximum Gasteiger partial charge on any atom is 0.144 e. The van der Waals surface area contributed by atoms with Gasteiger partial charge >= 0.3 is 0 Å². The molecule has 0 unspecified atom stereocenters. The minimum Gasteiger partial charge on any atom is -0.494 e. The Kier molecular flexibility index (Phi) is 4.49. The number of nitriles is 1. The third kappa shape index (κ3) is 3.08. The molecule has 8 heteroatoms. The van der Waals surface area contributed by atoms with Crippen LogP contribution in [0.3, 0.4) is 0 Å². The molecule has 3 aromatic heterocycles. The van der Waals surface area contributed by atoms with E-state index in [0.29, 0.717) is 22.6 Å². The molecule has 0 aliphatic rings. The van der Waals surface area contributed by atoms with Gasteiger partial charge in [-0.1, -0.05) is 12.1 Å². The fourth-order valence-corrected chi connectivity index (χ4v) is 3.21. The van der Waals surface area contributed by atoms with E-state index in [2.05, 4.69) is 21.3 Å². The Bertz CT molecular complexity index is 1250. The largest absolute Gasteiger partial charge is 0.494 e. The van der Waals surface area contributed by atoms with Crippen LogP contribution in [0, 0.1) is 18.3 Å². The molecule has 4 aromatic rings. The fraction of sp³-hybridized carbons (Fsp3) is 0.143. The van der Waals surface area contributed by atoms with Crippen LogP contribution >= 0.6 is 0 Å². The van der Waals surface area contributed by atoms with Crippen LogP contribution in [0.1, 0.15) is 11.3 Å². The van der Waals surface area contributed by atoms with Crippen LogP contribution in [-0.4, -0.2) is 31.7 Å². The molecule has 8 nitrogen and oxygen atoms in total. The van der Waals surface area contributed by atoms with Crippen LogP contribution in [0.25, 0.3) is 28.1 Å². The zero-order chi connectivity index (χ0) is 20.5. The van der Waals surface area contributed by atoms with Gasteiger partial charge in [0.05, 0.1) is 25.2 Å². The molecule has 0 amide bonds.